The van der Waals surface area contributed by atoms with Gasteiger partial charge in [0.05, 0.1) is 18.3 Å². The van der Waals surface area contributed by atoms with Gasteiger partial charge in [-0.1, -0.05) is 0 Å². The molecule has 1 amide bonds. The third kappa shape index (κ3) is 4.24. The van der Waals surface area contributed by atoms with Gasteiger partial charge in [-0.15, -0.1) is 0 Å². The van der Waals surface area contributed by atoms with Crippen LogP contribution in [0.4, 0.5) is 5.82 Å². The summed E-state index contributed by atoms with van der Waals surface area (Å²) in [5, 5.41) is 0. The highest BCUT2D eigenvalue weighted by Gasteiger charge is 2.29. The highest BCUT2D eigenvalue weighted by molar-refractivity contribution is 5.81. The maximum atomic E-state index is 12.8. The number of pyridine rings is 1. The largest absolute Gasteiger partial charge is 0.366 e. The van der Waals surface area contributed by atoms with Crippen LogP contribution < -0.4 is 4.90 Å². The van der Waals surface area contributed by atoms with Crippen molar-refractivity contribution in [3.63, 3.8) is 0 Å². The molecule has 1 atom stereocenters. The van der Waals surface area contributed by atoms with Crippen LogP contribution in [-0.4, -0.2) is 58.6 Å². The number of hydrogen-bond donors (Lipinski definition) is 0. The second-order valence-corrected chi connectivity index (χ2v) is 7.27. The van der Waals surface area contributed by atoms with Crippen molar-refractivity contribution in [3.8, 4) is 11.4 Å². The van der Waals surface area contributed by atoms with Crippen molar-refractivity contribution < 1.29 is 9.53 Å². The van der Waals surface area contributed by atoms with Gasteiger partial charge >= 0.3 is 0 Å². The molecule has 3 rings (SSSR count). The lowest BCUT2D eigenvalue weighted by molar-refractivity contribution is -0.146. The van der Waals surface area contributed by atoms with E-state index in [0.717, 1.165) is 29.1 Å². The Hall–Kier alpha value is -2.54. The predicted octanol–water partition coefficient (Wildman–Crippen LogP) is 2.30. The van der Waals surface area contributed by atoms with E-state index in [0.29, 0.717) is 18.9 Å². The summed E-state index contributed by atoms with van der Waals surface area (Å²) in [5.41, 5.74) is 2.86. The van der Waals surface area contributed by atoms with Crippen molar-refractivity contribution in [2.75, 3.05) is 25.5 Å². The SMILES string of the molecule is CC(C)O[C@H](C)C(=O)N1CCc2c(nc(-c3cccnc3)nc2N(C)C)C1. The molecule has 1 aliphatic heterocycles. The van der Waals surface area contributed by atoms with Gasteiger partial charge in [0.1, 0.15) is 11.9 Å². The highest BCUT2D eigenvalue weighted by atomic mass is 16.5. The highest BCUT2D eigenvalue weighted by Crippen LogP contribution is 2.28. The fourth-order valence-corrected chi connectivity index (χ4v) is 3.32. The number of aromatic nitrogens is 3. The number of hydrogen-bond acceptors (Lipinski definition) is 6. The van der Waals surface area contributed by atoms with E-state index in [9.17, 15) is 4.79 Å². The van der Waals surface area contributed by atoms with E-state index in [-0.39, 0.29) is 12.0 Å². The van der Waals surface area contributed by atoms with Crippen molar-refractivity contribution in [2.45, 2.75) is 45.9 Å². The first-order valence-corrected chi connectivity index (χ1v) is 9.28. The van der Waals surface area contributed by atoms with Gasteiger partial charge in [0.2, 0.25) is 0 Å². The van der Waals surface area contributed by atoms with Crippen molar-refractivity contribution in [3.05, 3.63) is 35.8 Å². The molecule has 0 aliphatic carbocycles. The fourth-order valence-electron chi connectivity index (χ4n) is 3.32. The Morgan fingerprint density at radius 2 is 2.04 bits per heavy atom. The molecule has 0 fully saturated rings. The average Bonchev–Trinajstić information content (AvgIpc) is 2.66. The molecular weight excluding hydrogens is 342 g/mol. The van der Waals surface area contributed by atoms with E-state index < -0.39 is 6.10 Å². The van der Waals surface area contributed by atoms with Crippen LogP contribution in [-0.2, 0) is 22.5 Å². The van der Waals surface area contributed by atoms with Gasteiger partial charge in [-0.05, 0) is 39.3 Å². The van der Waals surface area contributed by atoms with Crippen LogP contribution in [0.2, 0.25) is 0 Å². The summed E-state index contributed by atoms with van der Waals surface area (Å²) in [6.07, 6.45) is 3.77. The average molecular weight is 369 g/mol. The standard InChI is InChI=1S/C20H27N5O2/c1-13(2)27-14(3)20(26)25-10-8-16-17(12-25)22-18(23-19(16)24(4)5)15-7-6-9-21-11-15/h6-7,9,11,13-14H,8,10,12H2,1-5H3/t14-/m1/s1. The molecule has 27 heavy (non-hydrogen) atoms. The second kappa shape index (κ2) is 8.00. The zero-order valence-corrected chi connectivity index (χ0v) is 16.6. The Morgan fingerprint density at radius 1 is 1.26 bits per heavy atom. The minimum Gasteiger partial charge on any atom is -0.366 e. The molecule has 0 saturated carbocycles. The number of carbonyl (C=O) groups excluding carboxylic acids is 1. The van der Waals surface area contributed by atoms with Gasteiger partial charge < -0.3 is 14.5 Å². The first-order chi connectivity index (χ1) is 12.9. The summed E-state index contributed by atoms with van der Waals surface area (Å²) in [6, 6.07) is 3.81. The van der Waals surface area contributed by atoms with Crippen molar-refractivity contribution in [1.29, 1.82) is 0 Å². The molecule has 1 aliphatic rings. The zero-order valence-electron chi connectivity index (χ0n) is 16.6. The normalized spacial score (nSPS) is 14.8. The van der Waals surface area contributed by atoms with Gasteiger partial charge in [-0.2, -0.15) is 0 Å². The van der Waals surface area contributed by atoms with Gasteiger partial charge in [-0.25, -0.2) is 9.97 Å². The van der Waals surface area contributed by atoms with Crippen LogP contribution in [0.3, 0.4) is 0 Å². The van der Waals surface area contributed by atoms with Crippen molar-refractivity contribution in [1.82, 2.24) is 19.9 Å². The lowest BCUT2D eigenvalue weighted by Crippen LogP contribution is -2.43. The Balaban J connectivity index is 1.92. The number of anilines is 1. The van der Waals surface area contributed by atoms with Crippen LogP contribution in [0, 0.1) is 0 Å². The molecule has 144 valence electrons. The topological polar surface area (TPSA) is 71.5 Å². The summed E-state index contributed by atoms with van der Waals surface area (Å²) in [7, 11) is 3.96. The molecule has 3 heterocycles. The van der Waals surface area contributed by atoms with Crippen molar-refractivity contribution in [2.24, 2.45) is 0 Å². The van der Waals surface area contributed by atoms with E-state index in [1.54, 1.807) is 12.4 Å². The van der Waals surface area contributed by atoms with Gasteiger partial charge in [0, 0.05) is 44.2 Å². The number of ether oxygens (including phenoxy) is 1. The maximum absolute atomic E-state index is 12.8. The smallest absolute Gasteiger partial charge is 0.251 e. The molecular formula is C20H27N5O2. The lowest BCUT2D eigenvalue weighted by atomic mass is 10.0. The van der Waals surface area contributed by atoms with E-state index >= 15 is 0 Å². The molecule has 0 N–H and O–H groups in total. The molecule has 0 saturated heterocycles. The summed E-state index contributed by atoms with van der Waals surface area (Å²) in [4.78, 5) is 30.3. The van der Waals surface area contributed by atoms with E-state index in [1.807, 2.05) is 56.8 Å². The summed E-state index contributed by atoms with van der Waals surface area (Å²) < 4.78 is 5.67. The summed E-state index contributed by atoms with van der Waals surface area (Å²) in [5.74, 6) is 1.53. The third-order valence-electron chi connectivity index (χ3n) is 4.52. The molecule has 0 bridgehead atoms. The Kier molecular flexibility index (Phi) is 5.70. The van der Waals surface area contributed by atoms with E-state index in [2.05, 4.69) is 4.98 Å². The van der Waals surface area contributed by atoms with Crippen LogP contribution in [0.25, 0.3) is 11.4 Å². The molecule has 0 aromatic carbocycles. The number of fused-ring (bicyclic) bond motifs is 1. The van der Waals surface area contributed by atoms with Crippen LogP contribution >= 0.6 is 0 Å². The number of carbonyl (C=O) groups is 1. The molecule has 0 spiro atoms. The molecule has 2 aromatic heterocycles. The molecule has 0 unspecified atom stereocenters. The minimum absolute atomic E-state index is 0.00212. The predicted molar refractivity (Wildman–Crippen MR) is 104 cm³/mol. The second-order valence-electron chi connectivity index (χ2n) is 7.27. The first kappa shape index (κ1) is 19.2. The quantitative estimate of drug-likeness (QED) is 0.805. The first-order valence-electron chi connectivity index (χ1n) is 9.28. The minimum atomic E-state index is -0.459. The van der Waals surface area contributed by atoms with Gasteiger partial charge in [-0.3, -0.25) is 9.78 Å². The Bertz CT molecular complexity index is 808. The summed E-state index contributed by atoms with van der Waals surface area (Å²) >= 11 is 0. The van der Waals surface area contributed by atoms with Crippen molar-refractivity contribution >= 4 is 11.7 Å². The van der Waals surface area contributed by atoms with Crippen LogP contribution in [0.1, 0.15) is 32.0 Å². The third-order valence-corrected chi connectivity index (χ3v) is 4.52. The monoisotopic (exact) mass is 369 g/mol. The molecule has 7 heteroatoms. The number of rotatable bonds is 5. The Morgan fingerprint density at radius 3 is 2.67 bits per heavy atom. The molecule has 0 radical (unpaired) electrons. The van der Waals surface area contributed by atoms with Crippen LogP contribution in [0.5, 0.6) is 0 Å². The zero-order chi connectivity index (χ0) is 19.6. The Labute approximate surface area is 160 Å². The molecule has 7 nitrogen and oxygen atoms in total. The van der Waals surface area contributed by atoms with E-state index in [4.69, 9.17) is 14.7 Å². The van der Waals surface area contributed by atoms with Crippen LogP contribution in [0.15, 0.2) is 24.5 Å². The van der Waals surface area contributed by atoms with E-state index in [1.165, 1.54) is 0 Å². The maximum Gasteiger partial charge on any atom is 0.251 e. The lowest BCUT2D eigenvalue weighted by Gasteiger charge is -2.32. The summed E-state index contributed by atoms with van der Waals surface area (Å²) in [6.45, 7) is 6.80. The number of amides is 1. The molecule has 2 aromatic rings. The number of nitrogens with zero attached hydrogens (tertiary/aromatic N) is 5. The van der Waals surface area contributed by atoms with Gasteiger partial charge in [0.15, 0.2) is 5.82 Å². The fraction of sp³-hybridized carbons (Fsp3) is 0.500. The van der Waals surface area contributed by atoms with Gasteiger partial charge in [0.25, 0.3) is 5.91 Å².